The van der Waals surface area contributed by atoms with Crippen LogP contribution in [0.15, 0.2) is 11.6 Å². The van der Waals surface area contributed by atoms with E-state index in [0.29, 0.717) is 6.42 Å². The van der Waals surface area contributed by atoms with E-state index in [0.717, 1.165) is 44.1 Å². The molecule has 8 heteroatoms. The van der Waals surface area contributed by atoms with Gasteiger partial charge < -0.3 is 9.47 Å². The number of hydrogen-bond donors (Lipinski definition) is 0. The Bertz CT molecular complexity index is 961. The van der Waals surface area contributed by atoms with Crippen molar-refractivity contribution in [2.24, 2.45) is 28.6 Å². The third-order valence-corrected chi connectivity index (χ3v) is 12.4. The molecule has 3 aliphatic carbocycles. The zero-order valence-electron chi connectivity index (χ0n) is 21.7. The molecule has 0 aromatic carbocycles. The lowest BCUT2D eigenvalue weighted by Gasteiger charge is -2.62. The fraction of sp³-hybridized carbons (Fsp3) is 0.778. The monoisotopic (exact) mass is 522 g/mol. The van der Waals surface area contributed by atoms with Crippen LogP contribution in [0.4, 0.5) is 0 Å². The summed E-state index contributed by atoms with van der Waals surface area (Å²) in [5.74, 6) is 0.202. The van der Waals surface area contributed by atoms with Gasteiger partial charge in [0.15, 0.2) is 10.2 Å². The molecule has 4 aliphatic rings. The highest BCUT2D eigenvalue weighted by Crippen LogP contribution is 2.71. The minimum atomic E-state index is -0.419. The quantitative estimate of drug-likeness (QED) is 0.362. The minimum absolute atomic E-state index is 0.0210. The van der Waals surface area contributed by atoms with Gasteiger partial charge in [-0.15, -0.1) is 0 Å². The molecule has 0 unspecified atom stereocenters. The first kappa shape index (κ1) is 26.8. The first-order valence-electron chi connectivity index (χ1n) is 12.8. The summed E-state index contributed by atoms with van der Waals surface area (Å²) in [6, 6.07) is 0. The predicted octanol–water partition coefficient (Wildman–Crippen LogP) is 5.33. The van der Waals surface area contributed by atoms with Gasteiger partial charge in [0.1, 0.15) is 5.60 Å². The van der Waals surface area contributed by atoms with Crippen LogP contribution in [-0.2, 0) is 28.7 Å². The molecule has 0 N–H and O–H groups in total. The predicted molar refractivity (Wildman–Crippen MR) is 138 cm³/mol. The number of methoxy groups -OCH3 is 1. The Balaban J connectivity index is 1.87. The van der Waals surface area contributed by atoms with E-state index in [4.69, 9.17) is 9.47 Å². The molecule has 4 fully saturated rings. The van der Waals surface area contributed by atoms with Crippen LogP contribution >= 0.6 is 23.5 Å². The normalized spacial score (nSPS) is 43.5. The van der Waals surface area contributed by atoms with Crippen molar-refractivity contribution >= 4 is 45.7 Å². The fourth-order valence-corrected chi connectivity index (χ4v) is 10.8. The van der Waals surface area contributed by atoms with Crippen LogP contribution in [0, 0.1) is 28.6 Å². The summed E-state index contributed by atoms with van der Waals surface area (Å²) in [7, 11) is 1.37. The molecule has 4 rings (SSSR count). The zero-order valence-corrected chi connectivity index (χ0v) is 23.3. The minimum Gasteiger partial charge on any atom is -0.466 e. The first-order valence-corrected chi connectivity index (χ1v) is 14.5. The molecule has 1 saturated heterocycles. The van der Waals surface area contributed by atoms with Crippen LogP contribution in [-0.4, -0.2) is 45.4 Å². The van der Waals surface area contributed by atoms with Gasteiger partial charge in [-0.25, -0.2) is 4.79 Å². The third-order valence-electron chi connectivity index (χ3n) is 9.93. The summed E-state index contributed by atoms with van der Waals surface area (Å²) in [6.45, 7) is 9.82. The van der Waals surface area contributed by atoms with Crippen LogP contribution in [0.1, 0.15) is 79.6 Å². The third kappa shape index (κ3) is 4.20. The molecule has 1 aliphatic heterocycles. The molecule has 1 heterocycles. The van der Waals surface area contributed by atoms with E-state index in [1.54, 1.807) is 19.9 Å². The smallest absolute Gasteiger partial charge is 0.330 e. The van der Waals surface area contributed by atoms with E-state index in [2.05, 4.69) is 20.8 Å². The second-order valence-corrected chi connectivity index (χ2v) is 13.9. The lowest BCUT2D eigenvalue weighted by Crippen LogP contribution is -2.60. The van der Waals surface area contributed by atoms with Gasteiger partial charge in [0.25, 0.3) is 0 Å². The summed E-state index contributed by atoms with van der Waals surface area (Å²) >= 11 is 2.57. The molecule has 0 radical (unpaired) electrons. The Morgan fingerprint density at radius 3 is 2.26 bits per heavy atom. The summed E-state index contributed by atoms with van der Waals surface area (Å²) in [5.41, 5.74) is 0.0535. The maximum absolute atomic E-state index is 12.6. The standard InChI is InChI=1S/C27H38O6S2/c1-7-25(4)17-8-11-26(5)18(9-12-27(26)13-10-20(30)33-27)22(17)24(35-16(3)29)23(34-15(2)28)19(25)14-21(31)32-6/h14,17-18,22-24H,7-13H2,1-6H3/b19-14-/t17-,18-,22+,23-,24+,25+,26-,27+/m0/s1. The number of fused-ring (bicyclic) bond motifs is 4. The molecular weight excluding hydrogens is 484 g/mol. The molecule has 35 heavy (non-hydrogen) atoms. The van der Waals surface area contributed by atoms with Crippen molar-refractivity contribution in [2.45, 2.75) is 95.7 Å². The van der Waals surface area contributed by atoms with Crippen LogP contribution in [0.5, 0.6) is 0 Å². The van der Waals surface area contributed by atoms with Crippen molar-refractivity contribution in [3.05, 3.63) is 11.6 Å². The molecule has 0 bridgehead atoms. The summed E-state index contributed by atoms with van der Waals surface area (Å²) in [5, 5.41) is -0.439. The highest BCUT2D eigenvalue weighted by molar-refractivity contribution is 8.17. The van der Waals surface area contributed by atoms with Gasteiger partial charge in [-0.05, 0) is 67.3 Å². The van der Waals surface area contributed by atoms with E-state index < -0.39 is 11.6 Å². The van der Waals surface area contributed by atoms with Crippen LogP contribution in [0.2, 0.25) is 0 Å². The van der Waals surface area contributed by atoms with Gasteiger partial charge in [0.05, 0.1) is 7.11 Å². The average Bonchev–Trinajstić information content (AvgIpc) is 3.32. The number of rotatable bonds is 4. The highest BCUT2D eigenvalue weighted by Gasteiger charge is 2.69. The maximum atomic E-state index is 12.6. The number of carbonyl (C=O) groups is 4. The summed E-state index contributed by atoms with van der Waals surface area (Å²) < 4.78 is 11.1. The number of thioether (sulfide) groups is 2. The average molecular weight is 523 g/mol. The first-order chi connectivity index (χ1) is 16.4. The molecule has 3 saturated carbocycles. The van der Waals surface area contributed by atoms with Crippen molar-refractivity contribution in [3.63, 3.8) is 0 Å². The largest absolute Gasteiger partial charge is 0.466 e. The molecule has 8 atom stereocenters. The Morgan fingerprint density at radius 1 is 1.06 bits per heavy atom. The summed E-state index contributed by atoms with van der Waals surface area (Å²) in [6.07, 6.45) is 7.37. The van der Waals surface area contributed by atoms with E-state index in [-0.39, 0.29) is 55.3 Å². The topological polar surface area (TPSA) is 86.7 Å². The van der Waals surface area contributed by atoms with Gasteiger partial charge in [0.2, 0.25) is 0 Å². The molecule has 0 aromatic heterocycles. The van der Waals surface area contributed by atoms with E-state index in [1.807, 2.05) is 0 Å². The number of ether oxygens (including phenoxy) is 2. The molecule has 1 spiro atoms. The maximum Gasteiger partial charge on any atom is 0.330 e. The van der Waals surface area contributed by atoms with Crippen molar-refractivity contribution in [3.8, 4) is 0 Å². The number of carbonyl (C=O) groups excluding carboxylic acids is 4. The van der Waals surface area contributed by atoms with E-state index >= 15 is 0 Å². The van der Waals surface area contributed by atoms with E-state index in [9.17, 15) is 19.2 Å². The van der Waals surface area contributed by atoms with Crippen LogP contribution in [0.25, 0.3) is 0 Å². The lowest BCUT2D eigenvalue weighted by molar-refractivity contribution is -0.167. The molecule has 194 valence electrons. The zero-order chi connectivity index (χ0) is 25.8. The Morgan fingerprint density at radius 2 is 1.71 bits per heavy atom. The Kier molecular flexibility index (Phi) is 7.30. The molecule has 0 amide bonds. The van der Waals surface area contributed by atoms with Crippen LogP contribution < -0.4 is 0 Å². The van der Waals surface area contributed by atoms with Gasteiger partial charge in [-0.3, -0.25) is 14.4 Å². The second kappa shape index (κ2) is 9.55. The Labute approximate surface area is 217 Å². The second-order valence-electron chi connectivity index (χ2n) is 11.3. The SMILES string of the molecule is CC[C@@]1(C)/C(=C\C(=O)OC)[C@H](SC(C)=O)[C@H](SC(C)=O)[C@@H]2[C@@H]1CC[C@@]1(C)[C@H]2CC[C@@]12CCC(=O)O2. The fourth-order valence-electron chi connectivity index (χ4n) is 8.15. The molecule has 0 aromatic rings. The Hall–Kier alpha value is -1.28. The van der Waals surface area contributed by atoms with Crippen molar-refractivity contribution in [2.75, 3.05) is 7.11 Å². The number of hydrogen-bond acceptors (Lipinski definition) is 8. The van der Waals surface area contributed by atoms with Gasteiger partial charge in [-0.2, -0.15) is 0 Å². The number of esters is 2. The molecular formula is C27H38O6S2. The van der Waals surface area contributed by atoms with Crippen molar-refractivity contribution in [1.29, 1.82) is 0 Å². The van der Waals surface area contributed by atoms with Gasteiger partial charge in [0, 0.05) is 42.3 Å². The van der Waals surface area contributed by atoms with Crippen LogP contribution in [0.3, 0.4) is 0 Å². The summed E-state index contributed by atoms with van der Waals surface area (Å²) in [4.78, 5) is 49.9. The van der Waals surface area contributed by atoms with Gasteiger partial charge >= 0.3 is 11.9 Å². The van der Waals surface area contributed by atoms with Crippen molar-refractivity contribution < 1.29 is 28.7 Å². The lowest BCUT2D eigenvalue weighted by atomic mass is 9.47. The van der Waals surface area contributed by atoms with Gasteiger partial charge in [-0.1, -0.05) is 44.3 Å². The molecule has 6 nitrogen and oxygen atoms in total. The van der Waals surface area contributed by atoms with E-state index in [1.165, 1.54) is 30.6 Å². The highest BCUT2D eigenvalue weighted by atomic mass is 32.2. The van der Waals surface area contributed by atoms with Crippen molar-refractivity contribution in [1.82, 2.24) is 0 Å².